The van der Waals surface area contributed by atoms with E-state index in [1.807, 2.05) is 12.1 Å². The van der Waals surface area contributed by atoms with Crippen molar-refractivity contribution in [3.8, 4) is 0 Å². The van der Waals surface area contributed by atoms with Crippen LogP contribution in [0.3, 0.4) is 0 Å². The molecule has 0 spiro atoms. The molecule has 2 rings (SSSR count). The minimum absolute atomic E-state index is 0.00207. The molecule has 0 saturated carbocycles. The molecular formula is C21H25N3O3S. The predicted octanol–water partition coefficient (Wildman–Crippen LogP) is 4.48. The molecule has 0 fully saturated rings. The van der Waals surface area contributed by atoms with Gasteiger partial charge in [-0.15, -0.1) is 0 Å². The summed E-state index contributed by atoms with van der Waals surface area (Å²) >= 11 is 1.08. The molecule has 0 unspecified atom stereocenters. The third kappa shape index (κ3) is 6.42. The third-order valence-electron chi connectivity index (χ3n) is 3.96. The van der Waals surface area contributed by atoms with Crippen LogP contribution >= 0.6 is 11.9 Å². The van der Waals surface area contributed by atoms with Crippen molar-refractivity contribution in [3.05, 3.63) is 59.7 Å². The van der Waals surface area contributed by atoms with Gasteiger partial charge in [0, 0.05) is 22.6 Å². The molecule has 6 nitrogen and oxygen atoms in total. The summed E-state index contributed by atoms with van der Waals surface area (Å²) in [4.78, 5) is 36.3. The molecule has 7 heteroatoms. The number of nitrogens with one attached hydrogen (secondary N) is 3. The van der Waals surface area contributed by atoms with Gasteiger partial charge in [-0.1, -0.05) is 39.8 Å². The second-order valence-corrected chi connectivity index (χ2v) is 8.12. The maximum Gasteiger partial charge on any atom is 0.331 e. The van der Waals surface area contributed by atoms with Gasteiger partial charge in [0.1, 0.15) is 0 Å². The van der Waals surface area contributed by atoms with E-state index in [2.05, 4.69) is 36.1 Å². The van der Waals surface area contributed by atoms with Gasteiger partial charge in [-0.05, 0) is 59.3 Å². The Labute approximate surface area is 169 Å². The fraction of sp³-hybridized carbons (Fsp3) is 0.286. The average molecular weight is 400 g/mol. The molecule has 28 heavy (non-hydrogen) atoms. The van der Waals surface area contributed by atoms with E-state index in [0.717, 1.165) is 22.4 Å². The fourth-order valence-corrected chi connectivity index (χ4v) is 2.82. The van der Waals surface area contributed by atoms with Gasteiger partial charge in [0.2, 0.25) is 5.91 Å². The zero-order valence-electron chi connectivity index (χ0n) is 16.5. The van der Waals surface area contributed by atoms with Gasteiger partial charge in [0.25, 0.3) is 5.91 Å². The Morgan fingerprint density at radius 1 is 0.929 bits per heavy atom. The van der Waals surface area contributed by atoms with Crippen LogP contribution in [0.5, 0.6) is 0 Å². The number of hydrogen-bond acceptors (Lipinski definition) is 4. The van der Waals surface area contributed by atoms with Crippen molar-refractivity contribution >= 4 is 35.5 Å². The number of urea groups is 1. The van der Waals surface area contributed by atoms with E-state index in [1.54, 1.807) is 43.3 Å². The standard InChI is InChI=1S/C21H25N3O3S/c1-5-18(25)22-16-10-12-17(13-11-16)28-24-20(27)23-19(26)14-6-8-15(9-7-14)21(2,3)4/h6-13H,5H2,1-4H3,(H,22,25)(H2,23,24,26,27). The number of rotatable bonds is 5. The number of carbonyl (C=O) groups excluding carboxylic acids is 3. The lowest BCUT2D eigenvalue weighted by atomic mass is 9.87. The number of anilines is 1. The topological polar surface area (TPSA) is 87.3 Å². The number of imide groups is 1. The highest BCUT2D eigenvalue weighted by atomic mass is 32.2. The molecule has 0 saturated heterocycles. The molecule has 0 aliphatic rings. The predicted molar refractivity (Wildman–Crippen MR) is 112 cm³/mol. The van der Waals surface area contributed by atoms with Gasteiger partial charge in [-0.3, -0.25) is 19.6 Å². The molecule has 0 radical (unpaired) electrons. The van der Waals surface area contributed by atoms with Crippen LogP contribution in [0.4, 0.5) is 10.5 Å². The summed E-state index contributed by atoms with van der Waals surface area (Å²) in [5.74, 6) is -0.525. The van der Waals surface area contributed by atoms with E-state index in [1.165, 1.54) is 0 Å². The van der Waals surface area contributed by atoms with Gasteiger partial charge in [0.05, 0.1) is 0 Å². The van der Waals surface area contributed by atoms with Gasteiger partial charge < -0.3 is 5.32 Å². The van der Waals surface area contributed by atoms with Crippen LogP contribution in [0.25, 0.3) is 0 Å². The summed E-state index contributed by atoms with van der Waals surface area (Å²) in [6, 6.07) is 13.6. The van der Waals surface area contributed by atoms with Crippen LogP contribution in [0.2, 0.25) is 0 Å². The molecule has 0 aromatic heterocycles. The number of carbonyl (C=O) groups is 3. The van der Waals surface area contributed by atoms with Crippen molar-refractivity contribution in [3.63, 3.8) is 0 Å². The van der Waals surface area contributed by atoms with Crippen molar-refractivity contribution in [2.24, 2.45) is 0 Å². The fourth-order valence-electron chi connectivity index (χ4n) is 2.28. The van der Waals surface area contributed by atoms with E-state index in [-0.39, 0.29) is 11.3 Å². The van der Waals surface area contributed by atoms with Crippen LogP contribution in [0, 0.1) is 0 Å². The molecule has 0 heterocycles. The summed E-state index contributed by atoms with van der Waals surface area (Å²) in [6.07, 6.45) is 0.408. The second kappa shape index (κ2) is 9.41. The number of hydrogen-bond donors (Lipinski definition) is 3. The number of amides is 4. The lowest BCUT2D eigenvalue weighted by molar-refractivity contribution is -0.115. The first-order valence-electron chi connectivity index (χ1n) is 8.97. The van der Waals surface area contributed by atoms with Crippen molar-refractivity contribution in [1.29, 1.82) is 0 Å². The smallest absolute Gasteiger partial charge is 0.326 e. The molecule has 0 bridgehead atoms. The second-order valence-electron chi connectivity index (χ2n) is 7.24. The molecule has 4 amide bonds. The normalized spacial score (nSPS) is 10.9. The van der Waals surface area contributed by atoms with Crippen LogP contribution in [-0.2, 0) is 10.2 Å². The largest absolute Gasteiger partial charge is 0.331 e. The quantitative estimate of drug-likeness (QED) is 0.647. The summed E-state index contributed by atoms with van der Waals surface area (Å²) in [7, 11) is 0. The number of benzene rings is 2. The molecule has 0 atom stereocenters. The van der Waals surface area contributed by atoms with E-state index in [0.29, 0.717) is 17.7 Å². The van der Waals surface area contributed by atoms with Crippen LogP contribution in [-0.4, -0.2) is 17.8 Å². The minimum Gasteiger partial charge on any atom is -0.326 e. The highest BCUT2D eigenvalue weighted by molar-refractivity contribution is 7.98. The first-order valence-corrected chi connectivity index (χ1v) is 9.79. The monoisotopic (exact) mass is 399 g/mol. The average Bonchev–Trinajstić information content (AvgIpc) is 2.66. The van der Waals surface area contributed by atoms with E-state index < -0.39 is 11.9 Å². The Bertz CT molecular complexity index is 841. The minimum atomic E-state index is -0.599. The van der Waals surface area contributed by atoms with E-state index >= 15 is 0 Å². The molecule has 2 aromatic rings. The lowest BCUT2D eigenvalue weighted by Crippen LogP contribution is -2.36. The Morgan fingerprint density at radius 2 is 1.54 bits per heavy atom. The first kappa shape index (κ1) is 21.5. The highest BCUT2D eigenvalue weighted by Gasteiger charge is 2.15. The van der Waals surface area contributed by atoms with Crippen molar-refractivity contribution in [2.45, 2.75) is 44.4 Å². The zero-order chi connectivity index (χ0) is 20.7. The first-order chi connectivity index (χ1) is 13.2. The van der Waals surface area contributed by atoms with E-state index in [9.17, 15) is 14.4 Å². The van der Waals surface area contributed by atoms with Crippen LogP contribution in [0.15, 0.2) is 53.4 Å². The summed E-state index contributed by atoms with van der Waals surface area (Å²) in [6.45, 7) is 8.06. The van der Waals surface area contributed by atoms with Gasteiger partial charge in [-0.2, -0.15) is 0 Å². The zero-order valence-corrected chi connectivity index (χ0v) is 17.3. The van der Waals surface area contributed by atoms with Crippen LogP contribution in [0.1, 0.15) is 50.0 Å². The maximum absolute atomic E-state index is 12.2. The van der Waals surface area contributed by atoms with Crippen molar-refractivity contribution in [2.75, 3.05) is 5.32 Å². The third-order valence-corrected chi connectivity index (χ3v) is 4.76. The van der Waals surface area contributed by atoms with Crippen molar-refractivity contribution in [1.82, 2.24) is 10.0 Å². The van der Waals surface area contributed by atoms with Gasteiger partial charge in [0.15, 0.2) is 0 Å². The Balaban J connectivity index is 1.85. The maximum atomic E-state index is 12.2. The van der Waals surface area contributed by atoms with Crippen molar-refractivity contribution < 1.29 is 14.4 Å². The summed E-state index contributed by atoms with van der Waals surface area (Å²) in [5.41, 5.74) is 2.22. The van der Waals surface area contributed by atoms with Crippen LogP contribution < -0.4 is 15.4 Å². The Hall–Kier alpha value is -2.80. The Kier molecular flexibility index (Phi) is 7.23. The molecule has 148 valence electrons. The molecule has 3 N–H and O–H groups in total. The highest BCUT2D eigenvalue weighted by Crippen LogP contribution is 2.22. The summed E-state index contributed by atoms with van der Waals surface area (Å²) < 4.78 is 2.57. The molecule has 0 aliphatic heterocycles. The lowest BCUT2D eigenvalue weighted by Gasteiger charge is -2.19. The summed E-state index contributed by atoms with van der Waals surface area (Å²) in [5, 5.41) is 5.05. The van der Waals surface area contributed by atoms with Gasteiger partial charge in [-0.25, -0.2) is 4.79 Å². The molecule has 2 aromatic carbocycles. The van der Waals surface area contributed by atoms with Gasteiger partial charge >= 0.3 is 6.03 Å². The molecule has 0 aliphatic carbocycles. The molecular weight excluding hydrogens is 374 g/mol. The van der Waals surface area contributed by atoms with E-state index in [4.69, 9.17) is 0 Å². The SMILES string of the molecule is CCC(=O)Nc1ccc(SNC(=O)NC(=O)c2ccc(C(C)(C)C)cc2)cc1. The Morgan fingerprint density at radius 3 is 2.07 bits per heavy atom.